The third kappa shape index (κ3) is 3.56. The Balaban J connectivity index is 2.27. The van der Waals surface area contributed by atoms with Crippen LogP contribution in [-0.4, -0.2) is 0 Å². The van der Waals surface area contributed by atoms with Gasteiger partial charge in [-0.25, -0.2) is 0 Å². The summed E-state index contributed by atoms with van der Waals surface area (Å²) in [6.07, 6.45) is 0. The summed E-state index contributed by atoms with van der Waals surface area (Å²) in [5.74, 6) is 0. The summed E-state index contributed by atoms with van der Waals surface area (Å²) in [6, 6.07) is 16.0. The minimum Gasteiger partial charge on any atom is -0.192 e. The van der Waals surface area contributed by atoms with E-state index in [1.165, 1.54) is 5.56 Å². The Labute approximate surface area is 129 Å². The van der Waals surface area contributed by atoms with Crippen molar-refractivity contribution < 1.29 is 0 Å². The van der Waals surface area contributed by atoms with Crippen molar-refractivity contribution in [2.24, 2.45) is 0 Å². The largest absolute Gasteiger partial charge is 0.192 e. The molecular weight excluding hydrogens is 286 g/mol. The molecule has 0 aliphatic rings. The van der Waals surface area contributed by atoms with E-state index in [1.54, 1.807) is 23.9 Å². The number of halogens is 1. The van der Waals surface area contributed by atoms with Crippen LogP contribution in [0.2, 0.25) is 5.02 Å². The van der Waals surface area contributed by atoms with Crippen LogP contribution in [0.1, 0.15) is 31.9 Å². The maximum Gasteiger partial charge on any atom is 0.100 e. The molecule has 0 saturated heterocycles. The predicted molar refractivity (Wildman–Crippen MR) is 85.4 cm³/mol. The highest BCUT2D eigenvalue weighted by Crippen LogP contribution is 2.33. The number of hydrogen-bond acceptors (Lipinski definition) is 2. The topological polar surface area (TPSA) is 23.8 Å². The van der Waals surface area contributed by atoms with Gasteiger partial charge in [0.1, 0.15) is 6.07 Å². The zero-order valence-electron chi connectivity index (χ0n) is 11.8. The lowest BCUT2D eigenvalue weighted by Crippen LogP contribution is -2.10. The minimum atomic E-state index is 0.150. The van der Waals surface area contributed by atoms with Crippen LogP contribution in [0.5, 0.6) is 0 Å². The molecule has 0 fully saturated rings. The van der Waals surface area contributed by atoms with Crippen molar-refractivity contribution in [1.29, 1.82) is 5.26 Å². The van der Waals surface area contributed by atoms with Crippen molar-refractivity contribution in [3.63, 3.8) is 0 Å². The van der Waals surface area contributed by atoms with Gasteiger partial charge >= 0.3 is 0 Å². The third-order valence-corrected chi connectivity index (χ3v) is 4.31. The molecule has 0 radical (unpaired) electrons. The van der Waals surface area contributed by atoms with Crippen LogP contribution in [0.3, 0.4) is 0 Å². The summed E-state index contributed by atoms with van der Waals surface area (Å²) in [4.78, 5) is 2.00. The quantitative estimate of drug-likeness (QED) is 0.714. The molecule has 0 aliphatic heterocycles. The van der Waals surface area contributed by atoms with Gasteiger partial charge in [-0.05, 0) is 41.3 Å². The van der Waals surface area contributed by atoms with Gasteiger partial charge in [0.2, 0.25) is 0 Å². The highest BCUT2D eigenvalue weighted by atomic mass is 35.5. The molecule has 0 saturated carbocycles. The second kappa shape index (κ2) is 5.91. The van der Waals surface area contributed by atoms with Crippen LogP contribution in [0, 0.1) is 11.3 Å². The molecule has 0 N–H and O–H groups in total. The summed E-state index contributed by atoms with van der Waals surface area (Å²) in [6.45, 7) is 6.58. The third-order valence-electron chi connectivity index (χ3n) is 3.01. The lowest BCUT2D eigenvalue weighted by molar-refractivity contribution is 0.590. The van der Waals surface area contributed by atoms with Crippen LogP contribution in [-0.2, 0) is 5.41 Å². The van der Waals surface area contributed by atoms with Crippen LogP contribution < -0.4 is 0 Å². The van der Waals surface area contributed by atoms with E-state index in [9.17, 15) is 0 Å². The maximum absolute atomic E-state index is 9.13. The fraction of sp³-hybridized carbons (Fsp3) is 0.235. The van der Waals surface area contributed by atoms with Crippen LogP contribution in [0.15, 0.2) is 52.3 Å². The Hall–Kier alpha value is -1.43. The first-order valence-electron chi connectivity index (χ1n) is 6.38. The van der Waals surface area contributed by atoms with Gasteiger partial charge in [0.05, 0.1) is 5.56 Å². The van der Waals surface area contributed by atoms with Crippen molar-refractivity contribution in [1.82, 2.24) is 0 Å². The Bertz CT molecular complexity index is 648. The molecule has 0 amide bonds. The fourth-order valence-corrected chi connectivity index (χ4v) is 3.00. The first-order chi connectivity index (χ1) is 9.40. The number of nitrogens with zero attached hydrogens (tertiary/aromatic N) is 1. The van der Waals surface area contributed by atoms with E-state index in [0.717, 1.165) is 9.79 Å². The lowest BCUT2D eigenvalue weighted by atomic mass is 9.87. The molecule has 0 atom stereocenters. The van der Waals surface area contributed by atoms with Crippen molar-refractivity contribution >= 4 is 23.4 Å². The monoisotopic (exact) mass is 301 g/mol. The summed E-state index contributed by atoms with van der Waals surface area (Å²) in [7, 11) is 0. The highest BCUT2D eigenvalue weighted by molar-refractivity contribution is 7.99. The smallest absolute Gasteiger partial charge is 0.100 e. The molecule has 2 aromatic rings. The van der Waals surface area contributed by atoms with E-state index in [1.807, 2.05) is 6.07 Å². The zero-order chi connectivity index (χ0) is 14.8. The molecule has 0 aromatic heterocycles. The van der Waals surface area contributed by atoms with E-state index in [-0.39, 0.29) is 5.41 Å². The molecule has 0 bridgehead atoms. The van der Waals surface area contributed by atoms with Gasteiger partial charge in [-0.3, -0.25) is 0 Å². The predicted octanol–water partition coefficient (Wildman–Crippen LogP) is 5.66. The summed E-state index contributed by atoms with van der Waals surface area (Å²) >= 11 is 7.57. The van der Waals surface area contributed by atoms with E-state index in [2.05, 4.69) is 51.1 Å². The molecule has 0 spiro atoms. The molecule has 2 rings (SSSR count). The standard InChI is InChI=1S/C17H16ClNS/c1-17(2,3)13-5-8-15(9-6-13)20-16-10-14(18)7-4-12(16)11-19/h4-10H,1-3H3. The second-order valence-electron chi connectivity index (χ2n) is 5.63. The summed E-state index contributed by atoms with van der Waals surface area (Å²) in [5.41, 5.74) is 2.10. The Morgan fingerprint density at radius 1 is 1.05 bits per heavy atom. The maximum atomic E-state index is 9.13. The number of benzene rings is 2. The van der Waals surface area contributed by atoms with Gasteiger partial charge in [-0.15, -0.1) is 0 Å². The van der Waals surface area contributed by atoms with E-state index >= 15 is 0 Å². The van der Waals surface area contributed by atoms with Crippen molar-refractivity contribution in [2.75, 3.05) is 0 Å². The zero-order valence-corrected chi connectivity index (χ0v) is 13.3. The molecule has 0 heterocycles. The summed E-state index contributed by atoms with van der Waals surface area (Å²) < 4.78 is 0. The van der Waals surface area contributed by atoms with Gasteiger partial charge in [0.25, 0.3) is 0 Å². The Morgan fingerprint density at radius 3 is 2.25 bits per heavy atom. The van der Waals surface area contributed by atoms with E-state index in [4.69, 9.17) is 16.9 Å². The molecule has 20 heavy (non-hydrogen) atoms. The fourth-order valence-electron chi connectivity index (χ4n) is 1.82. The first kappa shape index (κ1) is 15.0. The van der Waals surface area contributed by atoms with Crippen LogP contribution >= 0.6 is 23.4 Å². The van der Waals surface area contributed by atoms with Crippen LogP contribution in [0.4, 0.5) is 0 Å². The number of rotatable bonds is 2. The molecule has 102 valence electrons. The molecule has 1 nitrogen and oxygen atoms in total. The SMILES string of the molecule is CC(C)(C)c1ccc(Sc2cc(Cl)ccc2C#N)cc1. The summed E-state index contributed by atoms with van der Waals surface area (Å²) in [5, 5.41) is 9.78. The van der Waals surface area contributed by atoms with Gasteiger partial charge in [-0.1, -0.05) is 56.3 Å². The molecule has 2 aromatic carbocycles. The first-order valence-corrected chi connectivity index (χ1v) is 7.57. The van der Waals surface area contributed by atoms with Gasteiger partial charge in [-0.2, -0.15) is 5.26 Å². The van der Waals surface area contributed by atoms with Crippen molar-refractivity contribution in [3.8, 4) is 6.07 Å². The van der Waals surface area contributed by atoms with Gasteiger partial charge < -0.3 is 0 Å². The number of hydrogen-bond donors (Lipinski definition) is 0. The highest BCUT2D eigenvalue weighted by Gasteiger charge is 2.13. The molecule has 0 unspecified atom stereocenters. The van der Waals surface area contributed by atoms with Crippen LogP contribution in [0.25, 0.3) is 0 Å². The molecule has 0 aliphatic carbocycles. The van der Waals surface area contributed by atoms with Gasteiger partial charge in [0.15, 0.2) is 0 Å². The lowest BCUT2D eigenvalue weighted by Gasteiger charge is -2.19. The van der Waals surface area contributed by atoms with E-state index in [0.29, 0.717) is 10.6 Å². The van der Waals surface area contributed by atoms with Gasteiger partial charge in [0, 0.05) is 14.8 Å². The van der Waals surface area contributed by atoms with Crippen molar-refractivity contribution in [3.05, 3.63) is 58.6 Å². The van der Waals surface area contributed by atoms with E-state index < -0.39 is 0 Å². The normalized spacial score (nSPS) is 11.2. The average Bonchev–Trinajstić information content (AvgIpc) is 2.38. The second-order valence-corrected chi connectivity index (χ2v) is 7.18. The average molecular weight is 302 g/mol. The Kier molecular flexibility index (Phi) is 4.42. The Morgan fingerprint density at radius 2 is 1.70 bits per heavy atom. The minimum absolute atomic E-state index is 0.150. The molecular formula is C17H16ClNS. The number of nitriles is 1. The molecule has 3 heteroatoms. The van der Waals surface area contributed by atoms with Crippen molar-refractivity contribution in [2.45, 2.75) is 36.0 Å².